The highest BCUT2D eigenvalue weighted by Crippen LogP contribution is 2.30. The molecule has 0 spiro atoms. The summed E-state index contributed by atoms with van der Waals surface area (Å²) < 4.78 is 38.9. The zero-order valence-corrected chi connectivity index (χ0v) is 17.4. The van der Waals surface area contributed by atoms with E-state index in [1.165, 1.54) is 0 Å². The smallest absolute Gasteiger partial charge is 0.228 e. The van der Waals surface area contributed by atoms with E-state index in [-0.39, 0.29) is 16.5 Å². The summed E-state index contributed by atoms with van der Waals surface area (Å²) in [6, 6.07) is 0. The molecule has 1 aromatic rings. The van der Waals surface area contributed by atoms with E-state index in [4.69, 9.17) is 9.47 Å². The van der Waals surface area contributed by atoms with E-state index in [9.17, 15) is 8.42 Å². The Labute approximate surface area is 163 Å². The Morgan fingerprint density at radius 2 is 1.96 bits per heavy atom. The average Bonchev–Trinajstić information content (AvgIpc) is 3.33. The van der Waals surface area contributed by atoms with Crippen LogP contribution in [0, 0.1) is 0 Å². The largest absolute Gasteiger partial charge is 0.385 e. The van der Waals surface area contributed by atoms with Crippen molar-refractivity contribution in [3.63, 3.8) is 0 Å². The van der Waals surface area contributed by atoms with Crippen LogP contribution in [0.5, 0.6) is 0 Å². The van der Waals surface area contributed by atoms with Gasteiger partial charge in [0.05, 0.1) is 23.2 Å². The summed E-state index contributed by atoms with van der Waals surface area (Å²) >= 11 is 0. The number of sulfone groups is 1. The van der Waals surface area contributed by atoms with Crippen LogP contribution in [0.2, 0.25) is 0 Å². The lowest BCUT2D eigenvalue weighted by atomic mass is 10.1. The summed E-state index contributed by atoms with van der Waals surface area (Å²) in [6.07, 6.45) is 8.46. The van der Waals surface area contributed by atoms with Crippen LogP contribution in [0.4, 0.5) is 0 Å². The lowest BCUT2D eigenvalue weighted by Gasteiger charge is -2.32. The monoisotopic (exact) mass is 399 g/mol. The SMILES string of the molecule is COCCCn1c(CN2CCCC(OC)C2)cnc1S(=O)(=O)C1CCCC1. The molecule has 27 heavy (non-hydrogen) atoms. The molecule has 1 saturated heterocycles. The summed E-state index contributed by atoms with van der Waals surface area (Å²) in [5.74, 6) is 0. The lowest BCUT2D eigenvalue weighted by Crippen LogP contribution is -2.39. The molecule has 1 aliphatic heterocycles. The molecule has 0 aromatic carbocycles. The summed E-state index contributed by atoms with van der Waals surface area (Å²) in [5, 5.41) is -0.0254. The van der Waals surface area contributed by atoms with Crippen molar-refractivity contribution < 1.29 is 17.9 Å². The molecule has 0 amide bonds. The molecular formula is C19H33N3O4S. The van der Waals surface area contributed by atoms with Crippen LogP contribution in [-0.4, -0.2) is 68.1 Å². The van der Waals surface area contributed by atoms with Crippen molar-refractivity contribution >= 4 is 9.84 Å². The Kier molecular flexibility index (Phi) is 7.30. The van der Waals surface area contributed by atoms with Gasteiger partial charge in [-0.1, -0.05) is 12.8 Å². The van der Waals surface area contributed by atoms with Crippen molar-refractivity contribution in [2.24, 2.45) is 0 Å². The number of imidazole rings is 1. The molecule has 1 atom stereocenters. The second kappa shape index (κ2) is 9.49. The third-order valence-corrected chi connectivity index (χ3v) is 7.99. The Hall–Kier alpha value is -0.960. The topological polar surface area (TPSA) is 73.7 Å². The number of aromatic nitrogens is 2. The highest BCUT2D eigenvalue weighted by Gasteiger charge is 2.34. The van der Waals surface area contributed by atoms with Crippen LogP contribution >= 0.6 is 0 Å². The third-order valence-electron chi connectivity index (χ3n) is 5.81. The summed E-state index contributed by atoms with van der Waals surface area (Å²) in [6.45, 7) is 3.82. The van der Waals surface area contributed by atoms with E-state index in [0.717, 1.165) is 63.7 Å². The number of piperidine rings is 1. The Morgan fingerprint density at radius 1 is 1.19 bits per heavy atom. The van der Waals surface area contributed by atoms with Crippen molar-refractivity contribution in [3.8, 4) is 0 Å². The molecule has 1 aliphatic carbocycles. The fourth-order valence-electron chi connectivity index (χ4n) is 4.28. The molecule has 1 unspecified atom stereocenters. The summed E-state index contributed by atoms with van der Waals surface area (Å²) in [5.41, 5.74) is 0.972. The number of hydrogen-bond acceptors (Lipinski definition) is 6. The van der Waals surface area contributed by atoms with Gasteiger partial charge >= 0.3 is 0 Å². The van der Waals surface area contributed by atoms with Crippen molar-refractivity contribution in [2.45, 2.75) is 74.5 Å². The molecule has 0 N–H and O–H groups in total. The Bertz CT molecular complexity index is 698. The maximum atomic E-state index is 13.1. The maximum Gasteiger partial charge on any atom is 0.228 e. The number of ether oxygens (including phenoxy) is 2. The van der Waals surface area contributed by atoms with Crippen molar-refractivity contribution in [1.29, 1.82) is 0 Å². The van der Waals surface area contributed by atoms with Gasteiger partial charge in [0.15, 0.2) is 0 Å². The first kappa shape index (κ1) is 20.8. The number of nitrogens with zero attached hydrogens (tertiary/aromatic N) is 3. The van der Waals surface area contributed by atoms with Gasteiger partial charge in [-0.05, 0) is 38.6 Å². The lowest BCUT2D eigenvalue weighted by molar-refractivity contribution is 0.0276. The van der Waals surface area contributed by atoms with Crippen molar-refractivity contribution in [1.82, 2.24) is 14.5 Å². The van der Waals surface area contributed by atoms with Gasteiger partial charge < -0.3 is 14.0 Å². The first-order valence-electron chi connectivity index (χ1n) is 10.1. The Balaban J connectivity index is 1.81. The molecule has 2 aliphatic rings. The van der Waals surface area contributed by atoms with Gasteiger partial charge in [-0.3, -0.25) is 4.90 Å². The van der Waals surface area contributed by atoms with Crippen molar-refractivity contribution in [2.75, 3.05) is 33.9 Å². The second-order valence-electron chi connectivity index (χ2n) is 7.72. The molecule has 154 valence electrons. The molecule has 3 rings (SSSR count). The van der Waals surface area contributed by atoms with Gasteiger partial charge in [0.2, 0.25) is 15.0 Å². The number of methoxy groups -OCH3 is 2. The molecule has 1 saturated carbocycles. The summed E-state index contributed by atoms with van der Waals surface area (Å²) in [4.78, 5) is 6.73. The van der Waals surface area contributed by atoms with E-state index in [1.54, 1.807) is 20.4 Å². The van der Waals surface area contributed by atoms with E-state index in [2.05, 4.69) is 9.88 Å². The Morgan fingerprint density at radius 3 is 2.67 bits per heavy atom. The fourth-order valence-corrected chi connectivity index (χ4v) is 6.24. The number of rotatable bonds is 9. The minimum absolute atomic E-state index is 0.251. The molecule has 1 aromatic heterocycles. The van der Waals surface area contributed by atoms with Crippen molar-refractivity contribution in [3.05, 3.63) is 11.9 Å². The molecule has 2 fully saturated rings. The predicted molar refractivity (Wildman–Crippen MR) is 103 cm³/mol. The minimum atomic E-state index is -3.37. The second-order valence-corrected chi connectivity index (χ2v) is 9.84. The zero-order valence-electron chi connectivity index (χ0n) is 16.6. The standard InChI is InChI=1S/C19H33N3O4S/c1-25-12-6-11-22-16(14-21-10-5-7-17(15-21)26-2)13-20-19(22)27(23,24)18-8-3-4-9-18/h13,17-18H,3-12,14-15H2,1-2H3. The first-order chi connectivity index (χ1) is 13.1. The highest BCUT2D eigenvalue weighted by molar-refractivity contribution is 7.91. The van der Waals surface area contributed by atoms with Gasteiger partial charge in [0.25, 0.3) is 0 Å². The van der Waals surface area contributed by atoms with Crippen LogP contribution in [0.3, 0.4) is 0 Å². The van der Waals surface area contributed by atoms with Crippen LogP contribution in [0.25, 0.3) is 0 Å². The first-order valence-corrected chi connectivity index (χ1v) is 11.6. The molecular weight excluding hydrogens is 366 g/mol. The fraction of sp³-hybridized carbons (Fsp3) is 0.842. The highest BCUT2D eigenvalue weighted by atomic mass is 32.2. The predicted octanol–water partition coefficient (Wildman–Crippen LogP) is 2.25. The number of hydrogen-bond donors (Lipinski definition) is 0. The summed E-state index contributed by atoms with van der Waals surface area (Å²) in [7, 11) is 0.0556. The van der Waals surface area contributed by atoms with Gasteiger partial charge in [0.1, 0.15) is 0 Å². The number of likely N-dealkylation sites (tertiary alicyclic amines) is 1. The van der Waals surface area contributed by atoms with Crippen LogP contribution in [0.1, 0.15) is 50.6 Å². The normalized spacial score (nSPS) is 22.5. The molecule has 2 heterocycles. The molecule has 8 heteroatoms. The molecule has 7 nitrogen and oxygen atoms in total. The van der Waals surface area contributed by atoms with Gasteiger partial charge in [-0.25, -0.2) is 13.4 Å². The minimum Gasteiger partial charge on any atom is -0.385 e. The van der Waals surface area contributed by atoms with Gasteiger partial charge in [0, 0.05) is 40.5 Å². The van der Waals surface area contributed by atoms with Crippen LogP contribution < -0.4 is 0 Å². The van der Waals surface area contributed by atoms with Crippen LogP contribution in [-0.2, 0) is 32.4 Å². The van der Waals surface area contributed by atoms with Gasteiger partial charge in [-0.2, -0.15) is 0 Å². The van der Waals surface area contributed by atoms with E-state index >= 15 is 0 Å². The van der Waals surface area contributed by atoms with E-state index in [0.29, 0.717) is 19.7 Å². The quantitative estimate of drug-likeness (QED) is 0.593. The molecule has 0 bridgehead atoms. The third kappa shape index (κ3) is 4.91. The zero-order chi connectivity index (χ0) is 19.3. The van der Waals surface area contributed by atoms with E-state index < -0.39 is 9.84 Å². The van der Waals surface area contributed by atoms with Crippen LogP contribution in [0.15, 0.2) is 11.4 Å². The maximum absolute atomic E-state index is 13.1. The molecule has 0 radical (unpaired) electrons. The average molecular weight is 400 g/mol. The van der Waals surface area contributed by atoms with Gasteiger partial charge in [-0.15, -0.1) is 0 Å². The van der Waals surface area contributed by atoms with E-state index in [1.807, 2.05) is 4.57 Å².